The average Bonchev–Trinajstić information content (AvgIpc) is 2.52. The number of thioether (sulfide) groups is 1. The lowest BCUT2D eigenvalue weighted by Gasteiger charge is -2.40. The molecule has 0 spiro atoms. The lowest BCUT2D eigenvalue weighted by atomic mass is 10.0. The van der Waals surface area contributed by atoms with Gasteiger partial charge in [-0.1, -0.05) is 0 Å². The van der Waals surface area contributed by atoms with E-state index in [0.29, 0.717) is 25.5 Å². The number of aryl methyl sites for hydroxylation is 1. The van der Waals surface area contributed by atoms with Gasteiger partial charge in [0.15, 0.2) is 11.6 Å². The first-order valence-electron chi connectivity index (χ1n) is 7.59. The van der Waals surface area contributed by atoms with E-state index < -0.39 is 5.82 Å². The molecule has 0 unspecified atom stereocenters. The van der Waals surface area contributed by atoms with E-state index in [2.05, 4.69) is 15.1 Å². The third kappa shape index (κ3) is 2.83. The van der Waals surface area contributed by atoms with Crippen molar-refractivity contribution in [3.8, 4) is 0 Å². The van der Waals surface area contributed by atoms with Crippen LogP contribution in [0.5, 0.6) is 0 Å². The Morgan fingerprint density at radius 3 is 3.09 bits per heavy atom. The van der Waals surface area contributed by atoms with Crippen molar-refractivity contribution >= 4 is 17.6 Å². The Balaban J connectivity index is 1.45. The molecule has 4 rings (SSSR count). The number of rotatable bonds is 3. The van der Waals surface area contributed by atoms with Crippen LogP contribution in [0.1, 0.15) is 11.3 Å². The van der Waals surface area contributed by atoms with Gasteiger partial charge in [0.1, 0.15) is 6.33 Å². The third-order valence-corrected chi connectivity index (χ3v) is 5.25. The SMILES string of the molecule is O=c1cc2c(nn1CC1CN(c3ncncc3F)C1)CCSC2. The Bertz CT molecular complexity index is 790. The molecule has 8 heteroatoms. The second-order valence-corrected chi connectivity index (χ2v) is 7.01. The third-order valence-electron chi connectivity index (χ3n) is 4.24. The van der Waals surface area contributed by atoms with Gasteiger partial charge in [-0.15, -0.1) is 0 Å². The van der Waals surface area contributed by atoms with Crippen LogP contribution in [-0.2, 0) is 18.7 Å². The van der Waals surface area contributed by atoms with Gasteiger partial charge in [-0.2, -0.15) is 16.9 Å². The highest BCUT2D eigenvalue weighted by atomic mass is 32.2. The first-order chi connectivity index (χ1) is 11.2. The van der Waals surface area contributed by atoms with E-state index in [1.807, 2.05) is 16.7 Å². The highest BCUT2D eigenvalue weighted by Gasteiger charge is 2.30. The predicted molar refractivity (Wildman–Crippen MR) is 86.1 cm³/mol. The van der Waals surface area contributed by atoms with Crippen molar-refractivity contribution in [1.29, 1.82) is 0 Å². The van der Waals surface area contributed by atoms with Gasteiger partial charge in [-0.05, 0) is 11.3 Å². The van der Waals surface area contributed by atoms with Crippen molar-refractivity contribution in [2.75, 3.05) is 23.7 Å². The van der Waals surface area contributed by atoms with Crippen LogP contribution in [0.3, 0.4) is 0 Å². The van der Waals surface area contributed by atoms with E-state index in [1.165, 1.54) is 12.5 Å². The fourth-order valence-corrected chi connectivity index (χ4v) is 3.98. The summed E-state index contributed by atoms with van der Waals surface area (Å²) in [5.41, 5.74) is 2.07. The molecule has 1 saturated heterocycles. The summed E-state index contributed by atoms with van der Waals surface area (Å²) in [7, 11) is 0. The van der Waals surface area contributed by atoms with Gasteiger partial charge < -0.3 is 4.90 Å². The van der Waals surface area contributed by atoms with Crippen LogP contribution in [0.25, 0.3) is 0 Å². The first kappa shape index (κ1) is 14.6. The van der Waals surface area contributed by atoms with Crippen molar-refractivity contribution in [3.63, 3.8) is 0 Å². The lowest BCUT2D eigenvalue weighted by Crippen LogP contribution is -2.50. The number of hydrogen-bond donors (Lipinski definition) is 0. The number of nitrogens with zero attached hydrogens (tertiary/aromatic N) is 5. The minimum atomic E-state index is -0.410. The maximum atomic E-state index is 13.6. The maximum Gasteiger partial charge on any atom is 0.267 e. The van der Waals surface area contributed by atoms with E-state index in [0.717, 1.165) is 29.2 Å². The summed E-state index contributed by atoms with van der Waals surface area (Å²) in [6, 6.07) is 1.72. The number of aromatic nitrogens is 4. The predicted octanol–water partition coefficient (Wildman–Crippen LogP) is 1.10. The van der Waals surface area contributed by atoms with Crippen LogP contribution in [0.2, 0.25) is 0 Å². The summed E-state index contributed by atoms with van der Waals surface area (Å²) in [5.74, 6) is 2.14. The van der Waals surface area contributed by atoms with Crippen LogP contribution < -0.4 is 10.5 Å². The quantitative estimate of drug-likeness (QED) is 0.838. The molecule has 0 aromatic carbocycles. The Morgan fingerprint density at radius 1 is 1.39 bits per heavy atom. The monoisotopic (exact) mass is 333 g/mol. The average molecular weight is 333 g/mol. The first-order valence-corrected chi connectivity index (χ1v) is 8.74. The molecule has 1 fully saturated rings. The molecule has 0 saturated carbocycles. The molecule has 23 heavy (non-hydrogen) atoms. The zero-order valence-corrected chi connectivity index (χ0v) is 13.3. The van der Waals surface area contributed by atoms with Gasteiger partial charge in [-0.25, -0.2) is 19.0 Å². The minimum Gasteiger partial charge on any atom is -0.353 e. The van der Waals surface area contributed by atoms with Crippen LogP contribution in [-0.4, -0.2) is 38.6 Å². The molecule has 0 aliphatic carbocycles. The van der Waals surface area contributed by atoms with Crippen molar-refractivity contribution in [2.24, 2.45) is 5.92 Å². The Kier molecular flexibility index (Phi) is 3.76. The molecule has 0 atom stereocenters. The van der Waals surface area contributed by atoms with E-state index in [9.17, 15) is 9.18 Å². The van der Waals surface area contributed by atoms with Gasteiger partial charge in [0.2, 0.25) is 0 Å². The highest BCUT2D eigenvalue weighted by Crippen LogP contribution is 2.25. The summed E-state index contributed by atoms with van der Waals surface area (Å²) in [5, 5.41) is 4.52. The molecule has 2 aromatic heterocycles. The van der Waals surface area contributed by atoms with Crippen LogP contribution >= 0.6 is 11.8 Å². The number of hydrogen-bond acceptors (Lipinski definition) is 6. The van der Waals surface area contributed by atoms with Gasteiger partial charge in [-0.3, -0.25) is 4.79 Å². The number of halogens is 1. The molecule has 2 aliphatic rings. The largest absolute Gasteiger partial charge is 0.353 e. The summed E-state index contributed by atoms with van der Waals surface area (Å²) < 4.78 is 15.2. The van der Waals surface area contributed by atoms with Gasteiger partial charge in [0.05, 0.1) is 18.4 Å². The summed E-state index contributed by atoms with van der Waals surface area (Å²) >= 11 is 1.84. The minimum absolute atomic E-state index is 0.0436. The molecular weight excluding hydrogens is 317 g/mol. The molecule has 120 valence electrons. The highest BCUT2D eigenvalue weighted by molar-refractivity contribution is 7.98. The maximum absolute atomic E-state index is 13.6. The molecule has 2 aliphatic heterocycles. The van der Waals surface area contributed by atoms with E-state index in [4.69, 9.17) is 0 Å². The summed E-state index contributed by atoms with van der Waals surface area (Å²) in [4.78, 5) is 21.7. The Hall–Kier alpha value is -1.96. The second-order valence-electron chi connectivity index (χ2n) is 5.90. The topological polar surface area (TPSA) is 63.9 Å². The van der Waals surface area contributed by atoms with Gasteiger partial charge in [0, 0.05) is 37.2 Å². The summed E-state index contributed by atoms with van der Waals surface area (Å²) in [6.45, 7) is 1.92. The molecule has 6 nitrogen and oxygen atoms in total. The van der Waals surface area contributed by atoms with Crippen molar-refractivity contribution in [3.05, 3.63) is 46.0 Å². The van der Waals surface area contributed by atoms with E-state index in [-0.39, 0.29) is 11.5 Å². The van der Waals surface area contributed by atoms with Crippen LogP contribution in [0.4, 0.5) is 10.2 Å². The normalized spacial score (nSPS) is 17.7. The molecule has 0 bridgehead atoms. The zero-order chi connectivity index (χ0) is 15.8. The van der Waals surface area contributed by atoms with E-state index in [1.54, 1.807) is 10.7 Å². The Morgan fingerprint density at radius 2 is 2.26 bits per heavy atom. The standard InChI is InChI=1S/C15H16FN5OS/c16-12-4-17-9-18-15(12)20-5-10(6-20)7-21-14(22)3-11-8-23-2-1-13(11)19-21/h3-4,9-10H,1-2,5-8H2. The summed E-state index contributed by atoms with van der Waals surface area (Å²) in [6.07, 6.45) is 3.44. The van der Waals surface area contributed by atoms with Gasteiger partial charge in [0.25, 0.3) is 5.56 Å². The molecule has 0 amide bonds. The Labute approximate surface area is 136 Å². The smallest absolute Gasteiger partial charge is 0.267 e. The van der Waals surface area contributed by atoms with E-state index >= 15 is 0 Å². The second kappa shape index (κ2) is 5.92. The van der Waals surface area contributed by atoms with Crippen molar-refractivity contribution in [2.45, 2.75) is 18.7 Å². The number of fused-ring (bicyclic) bond motifs is 1. The molecular formula is C15H16FN5OS. The van der Waals surface area contributed by atoms with Crippen molar-refractivity contribution in [1.82, 2.24) is 19.7 Å². The molecule has 0 N–H and O–H groups in total. The molecule has 0 radical (unpaired) electrons. The number of anilines is 1. The fourth-order valence-electron chi connectivity index (χ4n) is 3.03. The molecule has 2 aromatic rings. The van der Waals surface area contributed by atoms with Crippen molar-refractivity contribution < 1.29 is 4.39 Å². The van der Waals surface area contributed by atoms with Gasteiger partial charge >= 0.3 is 0 Å². The van der Waals surface area contributed by atoms with Crippen LogP contribution in [0, 0.1) is 11.7 Å². The van der Waals surface area contributed by atoms with Crippen LogP contribution in [0.15, 0.2) is 23.4 Å². The fraction of sp³-hybridized carbons (Fsp3) is 0.467. The molecule has 4 heterocycles. The zero-order valence-electron chi connectivity index (χ0n) is 12.5. The lowest BCUT2D eigenvalue weighted by molar-refractivity contribution is 0.328.